The Balaban J connectivity index is 1.94. The molecule has 1 saturated heterocycles. The van der Waals surface area contributed by atoms with E-state index in [2.05, 4.69) is 30.4 Å². The van der Waals surface area contributed by atoms with Gasteiger partial charge in [0, 0.05) is 20.6 Å². The lowest BCUT2D eigenvalue weighted by Gasteiger charge is -2.27. The minimum atomic E-state index is 0.641. The highest BCUT2D eigenvalue weighted by molar-refractivity contribution is 7.19. The summed E-state index contributed by atoms with van der Waals surface area (Å²) in [5.41, 5.74) is 0. The quantitative estimate of drug-likeness (QED) is 0.805. The summed E-state index contributed by atoms with van der Waals surface area (Å²) in [5, 5.41) is 5.68. The number of fused-ring (bicyclic) bond motifs is 1. The summed E-state index contributed by atoms with van der Waals surface area (Å²) < 4.78 is 1.32. The molecule has 2 atom stereocenters. The lowest BCUT2D eigenvalue weighted by Crippen LogP contribution is -2.34. The van der Waals surface area contributed by atoms with Gasteiger partial charge in [0.15, 0.2) is 0 Å². The largest absolute Gasteiger partial charge is 0.314 e. The predicted molar refractivity (Wildman–Crippen MR) is 76.3 cm³/mol. The molecule has 0 aliphatic carbocycles. The van der Waals surface area contributed by atoms with Crippen LogP contribution in [0.15, 0.2) is 24.3 Å². The number of nitrogens with one attached hydrogen (secondary N) is 1. The molecule has 1 aromatic carbocycles. The van der Waals surface area contributed by atoms with Crippen LogP contribution in [0.25, 0.3) is 10.1 Å². The van der Waals surface area contributed by atoms with Gasteiger partial charge in [0.1, 0.15) is 0 Å². The van der Waals surface area contributed by atoms with Crippen molar-refractivity contribution in [3.63, 3.8) is 0 Å². The Morgan fingerprint density at radius 2 is 2.24 bits per heavy atom. The smallest absolute Gasteiger partial charge is 0.0420 e. The van der Waals surface area contributed by atoms with Gasteiger partial charge >= 0.3 is 0 Å². The molecular weight excluding hydrogens is 250 g/mol. The Kier molecular flexibility index (Phi) is 3.12. The highest BCUT2D eigenvalue weighted by Gasteiger charge is 2.21. The number of hydrogen-bond donors (Lipinski definition) is 1. The van der Waals surface area contributed by atoms with Gasteiger partial charge in [0.2, 0.25) is 0 Å². The molecule has 0 spiro atoms. The lowest BCUT2D eigenvalue weighted by molar-refractivity contribution is 0.384. The minimum absolute atomic E-state index is 0.641. The van der Waals surface area contributed by atoms with E-state index in [4.69, 9.17) is 11.6 Å². The van der Waals surface area contributed by atoms with Crippen molar-refractivity contribution < 1.29 is 0 Å². The van der Waals surface area contributed by atoms with E-state index in [0.717, 1.165) is 17.5 Å². The second kappa shape index (κ2) is 4.60. The van der Waals surface area contributed by atoms with E-state index < -0.39 is 0 Å². The zero-order valence-electron chi connectivity index (χ0n) is 9.87. The Morgan fingerprint density at radius 3 is 3.06 bits per heavy atom. The highest BCUT2D eigenvalue weighted by Crippen LogP contribution is 2.37. The summed E-state index contributed by atoms with van der Waals surface area (Å²) in [5.74, 6) is 0.724. The SMILES string of the molecule is C[C@H]1C[C@H](c2cc3ccc(Cl)cc3s2)CCN1. The Morgan fingerprint density at radius 1 is 1.35 bits per heavy atom. The van der Waals surface area contributed by atoms with Crippen LogP contribution in [0.4, 0.5) is 0 Å². The van der Waals surface area contributed by atoms with Crippen LogP contribution in [-0.2, 0) is 0 Å². The molecule has 0 bridgehead atoms. The van der Waals surface area contributed by atoms with Gasteiger partial charge in [-0.25, -0.2) is 0 Å². The molecule has 1 aromatic heterocycles. The molecule has 0 saturated carbocycles. The molecule has 0 unspecified atom stereocenters. The minimum Gasteiger partial charge on any atom is -0.314 e. The van der Waals surface area contributed by atoms with Gasteiger partial charge in [-0.05, 0) is 55.8 Å². The van der Waals surface area contributed by atoms with E-state index in [1.807, 2.05) is 17.4 Å². The molecule has 3 heteroatoms. The maximum atomic E-state index is 6.03. The van der Waals surface area contributed by atoms with Crippen LogP contribution < -0.4 is 5.32 Å². The van der Waals surface area contributed by atoms with Crippen molar-refractivity contribution in [1.29, 1.82) is 0 Å². The maximum Gasteiger partial charge on any atom is 0.0420 e. The first-order valence-electron chi connectivity index (χ1n) is 6.15. The van der Waals surface area contributed by atoms with Gasteiger partial charge in [-0.2, -0.15) is 0 Å². The molecule has 2 heterocycles. The van der Waals surface area contributed by atoms with Crippen LogP contribution in [0.5, 0.6) is 0 Å². The third kappa shape index (κ3) is 2.35. The fourth-order valence-corrected chi connectivity index (χ4v) is 4.11. The lowest BCUT2D eigenvalue weighted by atomic mass is 9.92. The summed E-state index contributed by atoms with van der Waals surface area (Å²) in [6.07, 6.45) is 2.51. The second-order valence-electron chi connectivity index (χ2n) is 4.91. The topological polar surface area (TPSA) is 12.0 Å². The van der Waals surface area contributed by atoms with E-state index in [9.17, 15) is 0 Å². The molecule has 1 N–H and O–H groups in total. The van der Waals surface area contributed by atoms with Crippen LogP contribution >= 0.6 is 22.9 Å². The van der Waals surface area contributed by atoms with Crippen LogP contribution in [0.1, 0.15) is 30.6 Å². The summed E-state index contributed by atoms with van der Waals surface area (Å²) in [6, 6.07) is 9.17. The van der Waals surface area contributed by atoms with Gasteiger partial charge < -0.3 is 5.32 Å². The standard InChI is InChI=1S/C14H16ClNS/c1-9-6-11(4-5-16-9)13-7-10-2-3-12(15)8-14(10)17-13/h2-3,7-9,11,16H,4-6H2,1H3/t9-,11+/m0/s1. The number of rotatable bonds is 1. The third-order valence-corrected chi connectivity index (χ3v) is 5.02. The summed E-state index contributed by atoms with van der Waals surface area (Å²) >= 11 is 7.94. The normalized spacial score (nSPS) is 25.3. The predicted octanol–water partition coefficient (Wildman–Crippen LogP) is 4.41. The Labute approximate surface area is 111 Å². The van der Waals surface area contributed by atoms with Crippen molar-refractivity contribution >= 4 is 33.0 Å². The van der Waals surface area contributed by atoms with Gasteiger partial charge in [-0.15, -0.1) is 11.3 Å². The fraction of sp³-hybridized carbons (Fsp3) is 0.429. The van der Waals surface area contributed by atoms with Crippen molar-refractivity contribution in [3.8, 4) is 0 Å². The Hall–Kier alpha value is -0.570. The molecule has 0 amide bonds. The van der Waals surface area contributed by atoms with E-state index in [1.165, 1.54) is 27.8 Å². The van der Waals surface area contributed by atoms with Crippen molar-refractivity contribution in [2.24, 2.45) is 0 Å². The number of benzene rings is 1. The molecule has 17 heavy (non-hydrogen) atoms. The van der Waals surface area contributed by atoms with Crippen LogP contribution in [0, 0.1) is 0 Å². The number of hydrogen-bond acceptors (Lipinski definition) is 2. The van der Waals surface area contributed by atoms with E-state index in [0.29, 0.717) is 6.04 Å². The number of thiophene rings is 1. The van der Waals surface area contributed by atoms with Gasteiger partial charge in [-0.1, -0.05) is 17.7 Å². The summed E-state index contributed by atoms with van der Waals surface area (Å²) in [4.78, 5) is 1.52. The highest BCUT2D eigenvalue weighted by atomic mass is 35.5. The van der Waals surface area contributed by atoms with Crippen molar-refractivity contribution in [1.82, 2.24) is 5.32 Å². The average Bonchev–Trinajstić information content (AvgIpc) is 2.72. The van der Waals surface area contributed by atoms with Crippen molar-refractivity contribution in [2.45, 2.75) is 31.7 Å². The summed E-state index contributed by atoms with van der Waals surface area (Å²) in [7, 11) is 0. The first-order valence-corrected chi connectivity index (χ1v) is 7.34. The molecule has 2 aromatic rings. The Bertz CT molecular complexity index is 534. The van der Waals surface area contributed by atoms with E-state index >= 15 is 0 Å². The van der Waals surface area contributed by atoms with Crippen LogP contribution in [0.3, 0.4) is 0 Å². The molecule has 1 nitrogen and oxygen atoms in total. The molecular formula is C14H16ClNS. The number of halogens is 1. The average molecular weight is 266 g/mol. The zero-order valence-corrected chi connectivity index (χ0v) is 11.4. The molecule has 3 rings (SSSR count). The van der Waals surface area contributed by atoms with Crippen molar-refractivity contribution in [2.75, 3.05) is 6.54 Å². The maximum absolute atomic E-state index is 6.03. The first kappa shape index (κ1) is 11.5. The van der Waals surface area contributed by atoms with Crippen LogP contribution in [0.2, 0.25) is 5.02 Å². The van der Waals surface area contributed by atoms with Gasteiger partial charge in [-0.3, -0.25) is 0 Å². The molecule has 90 valence electrons. The van der Waals surface area contributed by atoms with E-state index in [-0.39, 0.29) is 0 Å². The first-order chi connectivity index (χ1) is 8.22. The van der Waals surface area contributed by atoms with Gasteiger partial charge in [0.05, 0.1) is 0 Å². The van der Waals surface area contributed by atoms with E-state index in [1.54, 1.807) is 0 Å². The third-order valence-electron chi connectivity index (χ3n) is 3.53. The second-order valence-corrected chi connectivity index (χ2v) is 6.46. The fourth-order valence-electron chi connectivity index (χ4n) is 2.62. The zero-order chi connectivity index (χ0) is 11.8. The molecule has 1 aliphatic rings. The van der Waals surface area contributed by atoms with Crippen LogP contribution in [-0.4, -0.2) is 12.6 Å². The monoisotopic (exact) mass is 265 g/mol. The molecule has 0 radical (unpaired) electrons. The molecule has 1 fully saturated rings. The van der Waals surface area contributed by atoms with Crippen molar-refractivity contribution in [3.05, 3.63) is 34.2 Å². The number of piperidine rings is 1. The summed E-state index contributed by atoms with van der Waals surface area (Å²) in [6.45, 7) is 3.41. The van der Waals surface area contributed by atoms with Gasteiger partial charge in [0.25, 0.3) is 0 Å². The molecule has 1 aliphatic heterocycles.